The van der Waals surface area contributed by atoms with E-state index in [9.17, 15) is 4.79 Å². The molecule has 2 heterocycles. The summed E-state index contributed by atoms with van der Waals surface area (Å²) >= 11 is 0. The number of carbonyl (C=O) groups is 1. The Morgan fingerprint density at radius 3 is 2.59 bits per heavy atom. The first kappa shape index (κ1) is 17.0. The van der Waals surface area contributed by atoms with Crippen LogP contribution in [0.5, 0.6) is 0 Å². The normalized spacial score (nSPS) is 22.0. The van der Waals surface area contributed by atoms with Crippen molar-refractivity contribution in [2.75, 3.05) is 19.6 Å². The maximum atomic E-state index is 12.7. The number of carbonyl (C=O) groups excluding carboxylic acids is 1. The molecule has 2 atom stereocenters. The van der Waals surface area contributed by atoms with Crippen molar-refractivity contribution in [2.45, 2.75) is 46.0 Å². The zero-order valence-corrected chi connectivity index (χ0v) is 14.4. The van der Waals surface area contributed by atoms with Gasteiger partial charge in [0, 0.05) is 38.8 Å². The summed E-state index contributed by atoms with van der Waals surface area (Å²) in [6.45, 7) is 9.04. The minimum atomic E-state index is 0.00692. The molecule has 1 aromatic rings. The molecule has 1 saturated heterocycles. The molecule has 5 nitrogen and oxygen atoms in total. The summed E-state index contributed by atoms with van der Waals surface area (Å²) in [7, 11) is 1.92. The highest BCUT2D eigenvalue weighted by atomic mass is 16.1. The standard InChI is InChI=1S/C17H30N4O/c1-5-17(6-2,7-3)12-19-16(22)15-10-18-9-14(15)13-8-20-21(4)11-13/h8,11,14-15,18H,5-7,9-10,12H2,1-4H3,(H,19,22)/t14-,15+/m1/s1. The maximum Gasteiger partial charge on any atom is 0.225 e. The monoisotopic (exact) mass is 306 g/mol. The molecule has 1 fully saturated rings. The fourth-order valence-electron chi connectivity index (χ4n) is 3.47. The Kier molecular flexibility index (Phi) is 5.62. The second-order valence-corrected chi connectivity index (χ2v) is 6.60. The number of aryl methyl sites for hydroxylation is 1. The number of aromatic nitrogens is 2. The van der Waals surface area contributed by atoms with E-state index in [1.807, 2.05) is 19.4 Å². The summed E-state index contributed by atoms with van der Waals surface area (Å²) < 4.78 is 1.80. The summed E-state index contributed by atoms with van der Waals surface area (Å²) in [5.74, 6) is 0.416. The van der Waals surface area contributed by atoms with Gasteiger partial charge in [-0.2, -0.15) is 5.10 Å². The van der Waals surface area contributed by atoms with Crippen molar-refractivity contribution in [1.82, 2.24) is 20.4 Å². The lowest BCUT2D eigenvalue weighted by Gasteiger charge is -2.31. The van der Waals surface area contributed by atoms with Gasteiger partial charge in [0.2, 0.25) is 5.91 Å². The van der Waals surface area contributed by atoms with Gasteiger partial charge >= 0.3 is 0 Å². The number of nitrogens with one attached hydrogen (secondary N) is 2. The summed E-state index contributed by atoms with van der Waals surface area (Å²) in [4.78, 5) is 12.7. The first-order valence-corrected chi connectivity index (χ1v) is 8.52. The van der Waals surface area contributed by atoms with E-state index in [1.165, 1.54) is 0 Å². The van der Waals surface area contributed by atoms with Crippen LogP contribution >= 0.6 is 0 Å². The van der Waals surface area contributed by atoms with E-state index < -0.39 is 0 Å². The average Bonchev–Trinajstić information content (AvgIpc) is 3.17. The van der Waals surface area contributed by atoms with Crippen LogP contribution < -0.4 is 10.6 Å². The molecule has 1 aliphatic heterocycles. The highest BCUT2D eigenvalue weighted by molar-refractivity contribution is 5.80. The number of hydrogen-bond donors (Lipinski definition) is 2. The number of amides is 1. The molecule has 0 spiro atoms. The van der Waals surface area contributed by atoms with Gasteiger partial charge in [0.1, 0.15) is 0 Å². The molecule has 124 valence electrons. The predicted octanol–water partition coefficient (Wildman–Crippen LogP) is 2.06. The Morgan fingerprint density at radius 1 is 1.36 bits per heavy atom. The molecule has 0 unspecified atom stereocenters. The lowest BCUT2D eigenvalue weighted by atomic mass is 9.79. The maximum absolute atomic E-state index is 12.7. The van der Waals surface area contributed by atoms with Crippen LogP contribution in [0.2, 0.25) is 0 Å². The molecule has 1 amide bonds. The Balaban J connectivity index is 1.99. The topological polar surface area (TPSA) is 59.0 Å². The van der Waals surface area contributed by atoms with Crippen molar-refractivity contribution in [3.05, 3.63) is 18.0 Å². The number of hydrogen-bond acceptors (Lipinski definition) is 3. The minimum absolute atomic E-state index is 0.00692. The molecule has 0 aromatic carbocycles. The van der Waals surface area contributed by atoms with Crippen LogP contribution in [0.25, 0.3) is 0 Å². The first-order valence-electron chi connectivity index (χ1n) is 8.52. The summed E-state index contributed by atoms with van der Waals surface area (Å²) in [6, 6.07) is 0. The van der Waals surface area contributed by atoms with Crippen LogP contribution in [0.15, 0.2) is 12.4 Å². The molecule has 0 radical (unpaired) electrons. The molecular weight excluding hydrogens is 276 g/mol. The molecule has 0 aliphatic carbocycles. The molecule has 5 heteroatoms. The second-order valence-electron chi connectivity index (χ2n) is 6.60. The van der Waals surface area contributed by atoms with Crippen LogP contribution in [0.3, 0.4) is 0 Å². The second kappa shape index (κ2) is 7.27. The van der Waals surface area contributed by atoms with E-state index in [0.29, 0.717) is 0 Å². The van der Waals surface area contributed by atoms with Crippen LogP contribution in [0.4, 0.5) is 0 Å². The molecule has 1 aliphatic rings. The SMILES string of the molecule is CCC(CC)(CC)CNC(=O)[C@H]1CNC[C@@H]1c1cnn(C)c1. The van der Waals surface area contributed by atoms with Gasteiger partial charge in [0.15, 0.2) is 0 Å². The molecule has 2 N–H and O–H groups in total. The Morgan fingerprint density at radius 2 is 2.05 bits per heavy atom. The largest absolute Gasteiger partial charge is 0.355 e. The van der Waals surface area contributed by atoms with Crippen LogP contribution in [-0.2, 0) is 11.8 Å². The highest BCUT2D eigenvalue weighted by Gasteiger charge is 2.35. The van der Waals surface area contributed by atoms with Gasteiger partial charge in [-0.15, -0.1) is 0 Å². The molecule has 0 saturated carbocycles. The zero-order valence-electron chi connectivity index (χ0n) is 14.4. The van der Waals surface area contributed by atoms with Crippen LogP contribution in [0.1, 0.15) is 51.5 Å². The van der Waals surface area contributed by atoms with Gasteiger partial charge in [-0.1, -0.05) is 20.8 Å². The van der Waals surface area contributed by atoms with Crippen molar-refractivity contribution in [2.24, 2.45) is 18.4 Å². The van der Waals surface area contributed by atoms with Crippen molar-refractivity contribution >= 4 is 5.91 Å². The lowest BCUT2D eigenvalue weighted by Crippen LogP contribution is -2.41. The quantitative estimate of drug-likeness (QED) is 0.810. The summed E-state index contributed by atoms with van der Waals surface area (Å²) in [6.07, 6.45) is 7.22. The van der Waals surface area contributed by atoms with E-state index in [0.717, 1.165) is 44.5 Å². The van der Waals surface area contributed by atoms with Gasteiger partial charge < -0.3 is 10.6 Å². The van der Waals surface area contributed by atoms with Gasteiger partial charge in [-0.25, -0.2) is 0 Å². The average molecular weight is 306 g/mol. The first-order chi connectivity index (χ1) is 10.5. The van der Waals surface area contributed by atoms with E-state index in [1.54, 1.807) is 4.68 Å². The number of rotatable bonds is 7. The van der Waals surface area contributed by atoms with Crippen LogP contribution in [0, 0.1) is 11.3 Å². The van der Waals surface area contributed by atoms with Gasteiger partial charge in [0.05, 0.1) is 12.1 Å². The van der Waals surface area contributed by atoms with E-state index in [4.69, 9.17) is 0 Å². The third-order valence-electron chi connectivity index (χ3n) is 5.59. The fourth-order valence-corrected chi connectivity index (χ4v) is 3.47. The zero-order chi connectivity index (χ0) is 16.2. The van der Waals surface area contributed by atoms with Crippen molar-refractivity contribution in [1.29, 1.82) is 0 Å². The molecule has 22 heavy (non-hydrogen) atoms. The summed E-state index contributed by atoms with van der Waals surface area (Å²) in [5, 5.41) is 10.8. The van der Waals surface area contributed by atoms with Crippen LogP contribution in [-0.4, -0.2) is 35.3 Å². The highest BCUT2D eigenvalue weighted by Crippen LogP contribution is 2.31. The predicted molar refractivity (Wildman–Crippen MR) is 88.6 cm³/mol. The third kappa shape index (κ3) is 3.51. The number of nitrogens with zero attached hydrogens (tertiary/aromatic N) is 2. The molecule has 0 bridgehead atoms. The molecular formula is C17H30N4O. The van der Waals surface area contributed by atoms with Crippen molar-refractivity contribution < 1.29 is 4.79 Å². The fraction of sp³-hybridized carbons (Fsp3) is 0.765. The van der Waals surface area contributed by atoms with Gasteiger partial charge in [-0.05, 0) is 30.2 Å². The molecule has 2 rings (SSSR count). The lowest BCUT2D eigenvalue weighted by molar-refractivity contribution is -0.125. The van der Waals surface area contributed by atoms with Gasteiger partial charge in [0.25, 0.3) is 0 Å². The Labute approximate surface area is 133 Å². The van der Waals surface area contributed by atoms with Crippen molar-refractivity contribution in [3.63, 3.8) is 0 Å². The third-order valence-corrected chi connectivity index (χ3v) is 5.59. The van der Waals surface area contributed by atoms with Crippen molar-refractivity contribution in [3.8, 4) is 0 Å². The Hall–Kier alpha value is -1.36. The smallest absolute Gasteiger partial charge is 0.225 e. The van der Waals surface area contributed by atoms with E-state index in [2.05, 4.69) is 36.5 Å². The molecule has 1 aromatic heterocycles. The Bertz CT molecular complexity index is 484. The van der Waals surface area contributed by atoms with E-state index >= 15 is 0 Å². The minimum Gasteiger partial charge on any atom is -0.355 e. The van der Waals surface area contributed by atoms with Gasteiger partial charge in [-0.3, -0.25) is 9.48 Å². The van der Waals surface area contributed by atoms with E-state index in [-0.39, 0.29) is 23.2 Å². The summed E-state index contributed by atoms with van der Waals surface area (Å²) in [5.41, 5.74) is 1.39.